The zero-order chi connectivity index (χ0) is 25.6. The van der Waals surface area contributed by atoms with Crippen LogP contribution in [-0.4, -0.2) is 48.8 Å². The second-order valence-electron chi connectivity index (χ2n) is 7.67. The lowest BCUT2D eigenvalue weighted by molar-refractivity contribution is -0.113. The Kier molecular flexibility index (Phi) is 7.43. The summed E-state index contributed by atoms with van der Waals surface area (Å²) in [6, 6.07) is 22.9. The summed E-state index contributed by atoms with van der Waals surface area (Å²) < 4.78 is 8.60. The van der Waals surface area contributed by atoms with Gasteiger partial charge in [0, 0.05) is 5.69 Å². The average molecular weight is 531 g/mol. The van der Waals surface area contributed by atoms with E-state index in [-0.39, 0.29) is 29.6 Å². The van der Waals surface area contributed by atoms with Gasteiger partial charge >= 0.3 is 5.97 Å². The highest BCUT2D eigenvalue weighted by Gasteiger charge is 2.23. The summed E-state index contributed by atoms with van der Waals surface area (Å²) in [5.41, 5.74) is 1.77. The van der Waals surface area contributed by atoms with Crippen LogP contribution in [0.15, 0.2) is 89.5 Å². The normalized spacial score (nSPS) is 10.8. The first kappa shape index (κ1) is 24.5. The SMILES string of the molecule is CCOC(=O)c1cnn(-c2ccccc2)c1NC(=O)CSc1nnc(-c2cccs2)n1-c1ccccc1. The summed E-state index contributed by atoms with van der Waals surface area (Å²) in [6.07, 6.45) is 1.40. The molecule has 0 fully saturated rings. The van der Waals surface area contributed by atoms with Gasteiger partial charge in [0.15, 0.2) is 16.8 Å². The van der Waals surface area contributed by atoms with E-state index in [0.717, 1.165) is 10.6 Å². The van der Waals surface area contributed by atoms with Gasteiger partial charge in [-0.25, -0.2) is 9.48 Å². The van der Waals surface area contributed by atoms with Crippen LogP contribution in [0.1, 0.15) is 17.3 Å². The van der Waals surface area contributed by atoms with E-state index in [1.54, 1.807) is 18.3 Å². The van der Waals surface area contributed by atoms with Crippen LogP contribution < -0.4 is 5.32 Å². The third kappa shape index (κ3) is 5.32. The standard InChI is InChI=1S/C26H22N6O3S2/c1-2-35-25(34)20-16-27-32(19-12-7-4-8-13-19)23(20)28-22(33)17-37-26-30-29-24(21-14-9-15-36-21)31(26)18-10-5-3-6-11-18/h3-16H,2,17H2,1H3,(H,28,33). The number of anilines is 1. The molecule has 0 spiro atoms. The van der Waals surface area contributed by atoms with Crippen molar-refractivity contribution in [2.75, 3.05) is 17.7 Å². The fourth-order valence-corrected chi connectivity index (χ4v) is 5.08. The third-order valence-corrected chi connectivity index (χ3v) is 7.04. The molecule has 0 unspecified atom stereocenters. The number of benzene rings is 2. The van der Waals surface area contributed by atoms with Gasteiger partial charge in [-0.3, -0.25) is 9.36 Å². The molecule has 5 rings (SSSR count). The average Bonchev–Trinajstić information content (AvgIpc) is 3.68. The lowest BCUT2D eigenvalue weighted by atomic mass is 10.3. The van der Waals surface area contributed by atoms with Crippen LogP contribution in [0.3, 0.4) is 0 Å². The van der Waals surface area contributed by atoms with Gasteiger partial charge in [0.1, 0.15) is 5.56 Å². The van der Waals surface area contributed by atoms with E-state index in [2.05, 4.69) is 20.6 Å². The molecule has 9 nitrogen and oxygen atoms in total. The van der Waals surface area contributed by atoms with Crippen molar-refractivity contribution in [1.29, 1.82) is 0 Å². The van der Waals surface area contributed by atoms with Gasteiger partial charge in [0.2, 0.25) is 5.91 Å². The minimum Gasteiger partial charge on any atom is -0.462 e. The van der Waals surface area contributed by atoms with Gasteiger partial charge in [0.25, 0.3) is 0 Å². The molecule has 37 heavy (non-hydrogen) atoms. The van der Waals surface area contributed by atoms with Crippen molar-refractivity contribution in [3.05, 3.63) is 89.9 Å². The van der Waals surface area contributed by atoms with Crippen LogP contribution in [0, 0.1) is 0 Å². The number of hydrogen-bond donors (Lipinski definition) is 1. The number of carbonyl (C=O) groups excluding carboxylic acids is 2. The highest BCUT2D eigenvalue weighted by atomic mass is 32.2. The van der Waals surface area contributed by atoms with Gasteiger partial charge in [-0.2, -0.15) is 5.10 Å². The number of hydrogen-bond acceptors (Lipinski definition) is 8. The highest BCUT2D eigenvalue weighted by Crippen LogP contribution is 2.30. The predicted octanol–water partition coefficient (Wildman–Crippen LogP) is 5.09. The maximum atomic E-state index is 13.1. The molecule has 1 amide bonds. The van der Waals surface area contributed by atoms with Crippen LogP contribution >= 0.6 is 23.1 Å². The Morgan fingerprint density at radius 2 is 1.70 bits per heavy atom. The number of nitrogens with zero attached hydrogens (tertiary/aromatic N) is 5. The maximum Gasteiger partial charge on any atom is 0.343 e. The Morgan fingerprint density at radius 1 is 0.973 bits per heavy atom. The predicted molar refractivity (Wildman–Crippen MR) is 144 cm³/mol. The zero-order valence-electron chi connectivity index (χ0n) is 19.8. The van der Waals surface area contributed by atoms with E-state index >= 15 is 0 Å². The number of aromatic nitrogens is 5. The van der Waals surface area contributed by atoms with Crippen molar-refractivity contribution < 1.29 is 14.3 Å². The first-order valence-electron chi connectivity index (χ1n) is 11.4. The molecule has 186 valence electrons. The number of thiophene rings is 1. The third-order valence-electron chi connectivity index (χ3n) is 5.24. The fraction of sp³-hybridized carbons (Fsp3) is 0.115. The number of thioether (sulfide) groups is 1. The Balaban J connectivity index is 1.40. The molecule has 2 aromatic carbocycles. The molecule has 0 atom stereocenters. The van der Waals surface area contributed by atoms with Gasteiger partial charge in [-0.15, -0.1) is 21.5 Å². The number of amides is 1. The van der Waals surface area contributed by atoms with Gasteiger partial charge < -0.3 is 10.1 Å². The fourth-order valence-electron chi connectivity index (χ4n) is 3.63. The van der Waals surface area contributed by atoms with Crippen LogP contribution in [-0.2, 0) is 9.53 Å². The summed E-state index contributed by atoms with van der Waals surface area (Å²) in [6.45, 7) is 1.93. The van der Waals surface area contributed by atoms with E-state index < -0.39 is 5.97 Å². The first-order valence-corrected chi connectivity index (χ1v) is 13.3. The number of esters is 1. The van der Waals surface area contributed by atoms with Crippen LogP contribution in [0.5, 0.6) is 0 Å². The van der Waals surface area contributed by atoms with E-state index in [4.69, 9.17) is 4.74 Å². The molecule has 0 saturated carbocycles. The van der Waals surface area contributed by atoms with E-state index in [9.17, 15) is 9.59 Å². The summed E-state index contributed by atoms with van der Waals surface area (Å²) >= 11 is 2.82. The highest BCUT2D eigenvalue weighted by molar-refractivity contribution is 7.99. The number of para-hydroxylation sites is 2. The van der Waals surface area contributed by atoms with Crippen LogP contribution in [0.4, 0.5) is 5.82 Å². The molecule has 1 N–H and O–H groups in total. The van der Waals surface area contributed by atoms with Crippen LogP contribution in [0.25, 0.3) is 22.1 Å². The number of carbonyl (C=O) groups is 2. The summed E-state index contributed by atoms with van der Waals surface area (Å²) in [7, 11) is 0. The maximum absolute atomic E-state index is 13.1. The van der Waals surface area contributed by atoms with Gasteiger partial charge in [0.05, 0.1) is 29.1 Å². The molecular formula is C26H22N6O3S2. The largest absolute Gasteiger partial charge is 0.462 e. The minimum absolute atomic E-state index is 0.0393. The molecular weight excluding hydrogens is 508 g/mol. The number of ether oxygens (including phenoxy) is 1. The molecule has 0 saturated heterocycles. The molecule has 0 aliphatic heterocycles. The second-order valence-corrected chi connectivity index (χ2v) is 9.56. The lowest BCUT2D eigenvalue weighted by Gasteiger charge is -2.12. The topological polar surface area (TPSA) is 104 Å². The van der Waals surface area contributed by atoms with Crippen molar-refractivity contribution in [3.63, 3.8) is 0 Å². The summed E-state index contributed by atoms with van der Waals surface area (Å²) in [5.74, 6) is 0.109. The Bertz CT molecular complexity index is 1500. The monoisotopic (exact) mass is 530 g/mol. The first-order chi connectivity index (χ1) is 18.2. The van der Waals surface area contributed by atoms with E-state index in [0.29, 0.717) is 16.7 Å². The quantitative estimate of drug-likeness (QED) is 0.209. The molecule has 0 radical (unpaired) electrons. The van der Waals surface area contributed by atoms with Crippen LogP contribution in [0.2, 0.25) is 0 Å². The van der Waals surface area contributed by atoms with Crippen molar-refractivity contribution in [2.45, 2.75) is 12.1 Å². The van der Waals surface area contributed by atoms with Crippen molar-refractivity contribution in [1.82, 2.24) is 24.5 Å². The smallest absolute Gasteiger partial charge is 0.343 e. The Labute approximate surface area is 221 Å². The molecule has 0 bridgehead atoms. The summed E-state index contributed by atoms with van der Waals surface area (Å²) in [5, 5.41) is 18.5. The van der Waals surface area contributed by atoms with Gasteiger partial charge in [-0.1, -0.05) is 54.2 Å². The molecule has 0 aliphatic rings. The summed E-state index contributed by atoms with van der Waals surface area (Å²) in [4.78, 5) is 26.6. The van der Waals surface area contributed by atoms with E-state index in [1.165, 1.54) is 22.6 Å². The second kappa shape index (κ2) is 11.2. The molecule has 3 heterocycles. The number of rotatable bonds is 9. The Hall–Kier alpha value is -4.22. The molecule has 0 aliphatic carbocycles. The van der Waals surface area contributed by atoms with Crippen molar-refractivity contribution in [2.24, 2.45) is 0 Å². The van der Waals surface area contributed by atoms with Crippen molar-refractivity contribution >= 4 is 40.8 Å². The molecule has 3 aromatic heterocycles. The zero-order valence-corrected chi connectivity index (χ0v) is 21.4. The van der Waals surface area contributed by atoms with E-state index in [1.807, 2.05) is 82.7 Å². The molecule has 11 heteroatoms. The lowest BCUT2D eigenvalue weighted by Crippen LogP contribution is -2.19. The van der Waals surface area contributed by atoms with Gasteiger partial charge in [-0.05, 0) is 42.6 Å². The van der Waals surface area contributed by atoms with Crippen molar-refractivity contribution in [3.8, 4) is 22.1 Å². The number of nitrogens with one attached hydrogen (secondary N) is 1. The molecule has 5 aromatic rings. The minimum atomic E-state index is -0.558. The Morgan fingerprint density at radius 3 is 2.38 bits per heavy atom.